The fourth-order valence-corrected chi connectivity index (χ4v) is 2.10. The molecule has 4 heteroatoms. The number of hydrogen-bond donors (Lipinski definition) is 0. The molecule has 1 saturated heterocycles. The molecule has 0 atom stereocenters. The van der Waals surface area contributed by atoms with E-state index in [1.165, 1.54) is 31.0 Å². The van der Waals surface area contributed by atoms with Crippen LogP contribution in [-0.2, 0) is 0 Å². The molecule has 0 amide bonds. The van der Waals surface area contributed by atoms with E-state index in [1.807, 2.05) is 24.3 Å². The van der Waals surface area contributed by atoms with Crippen molar-refractivity contribution in [3.05, 3.63) is 46.1 Å². The molecule has 2 rings (SSSR count). The molecule has 0 unspecified atom stereocenters. The van der Waals surface area contributed by atoms with Gasteiger partial charge in [-0.05, 0) is 37.0 Å². The van der Waals surface area contributed by atoms with Gasteiger partial charge in [-0.25, -0.2) is 0 Å². The van der Waals surface area contributed by atoms with E-state index in [1.54, 1.807) is 0 Å². The minimum Gasteiger partial charge on any atom is -0.372 e. The van der Waals surface area contributed by atoms with Crippen molar-refractivity contribution in [1.82, 2.24) is 0 Å². The lowest BCUT2D eigenvalue weighted by atomic mass is 10.1. The third-order valence-electron chi connectivity index (χ3n) is 3.00. The summed E-state index contributed by atoms with van der Waals surface area (Å²) in [5, 5.41) is 10.2. The van der Waals surface area contributed by atoms with Crippen LogP contribution in [-0.4, -0.2) is 18.0 Å². The Kier molecular flexibility index (Phi) is 3.75. The third-order valence-corrected chi connectivity index (χ3v) is 3.00. The highest BCUT2D eigenvalue weighted by molar-refractivity contribution is 5.55. The molecule has 0 bridgehead atoms. The number of nitro groups is 1. The predicted octanol–water partition coefficient (Wildman–Crippen LogP) is 2.92. The van der Waals surface area contributed by atoms with Crippen molar-refractivity contribution in [3.63, 3.8) is 0 Å². The molecular formula is C13H16N2O2. The second-order valence-electron chi connectivity index (χ2n) is 4.24. The number of anilines is 1. The molecule has 1 aromatic carbocycles. The summed E-state index contributed by atoms with van der Waals surface area (Å²) in [7, 11) is 0. The number of benzene rings is 1. The highest BCUT2D eigenvalue weighted by Crippen LogP contribution is 2.20. The van der Waals surface area contributed by atoms with Crippen LogP contribution in [0.4, 0.5) is 5.69 Å². The van der Waals surface area contributed by atoms with Crippen molar-refractivity contribution in [3.8, 4) is 0 Å². The van der Waals surface area contributed by atoms with Gasteiger partial charge in [-0.2, -0.15) is 0 Å². The van der Waals surface area contributed by atoms with Crippen molar-refractivity contribution in [1.29, 1.82) is 0 Å². The molecule has 1 aromatic rings. The largest absolute Gasteiger partial charge is 0.372 e. The fraction of sp³-hybridized carbons (Fsp3) is 0.385. The van der Waals surface area contributed by atoms with Crippen molar-refractivity contribution in [2.24, 2.45) is 0 Å². The number of hydrogen-bond acceptors (Lipinski definition) is 3. The molecular weight excluding hydrogens is 216 g/mol. The summed E-state index contributed by atoms with van der Waals surface area (Å²) in [6, 6.07) is 7.91. The first-order valence-electron chi connectivity index (χ1n) is 5.92. The lowest BCUT2D eigenvalue weighted by molar-refractivity contribution is -0.400. The van der Waals surface area contributed by atoms with Gasteiger partial charge < -0.3 is 4.90 Å². The number of nitrogens with zero attached hydrogens (tertiary/aromatic N) is 2. The van der Waals surface area contributed by atoms with E-state index in [0.717, 1.165) is 24.9 Å². The van der Waals surface area contributed by atoms with Crippen LogP contribution in [0.2, 0.25) is 0 Å². The maximum absolute atomic E-state index is 10.2. The van der Waals surface area contributed by atoms with Crippen molar-refractivity contribution in [2.75, 3.05) is 18.0 Å². The van der Waals surface area contributed by atoms with Crippen molar-refractivity contribution in [2.45, 2.75) is 19.3 Å². The van der Waals surface area contributed by atoms with Crippen LogP contribution in [0.3, 0.4) is 0 Å². The van der Waals surface area contributed by atoms with Crippen LogP contribution in [0.5, 0.6) is 0 Å². The third kappa shape index (κ3) is 3.31. The Morgan fingerprint density at radius 2 is 1.76 bits per heavy atom. The molecule has 17 heavy (non-hydrogen) atoms. The van der Waals surface area contributed by atoms with E-state index in [2.05, 4.69) is 4.90 Å². The van der Waals surface area contributed by atoms with Gasteiger partial charge in [0, 0.05) is 24.9 Å². The Balaban J connectivity index is 2.04. The summed E-state index contributed by atoms with van der Waals surface area (Å²) in [5.74, 6) is 0. The number of rotatable bonds is 3. The Bertz CT molecular complexity index is 406. The van der Waals surface area contributed by atoms with Crippen LogP contribution in [0.1, 0.15) is 24.8 Å². The Labute approximate surface area is 101 Å². The van der Waals surface area contributed by atoms with E-state index in [0.29, 0.717) is 0 Å². The van der Waals surface area contributed by atoms with Gasteiger partial charge in [0.1, 0.15) is 0 Å². The zero-order valence-corrected chi connectivity index (χ0v) is 9.71. The molecule has 1 aliphatic heterocycles. The average molecular weight is 232 g/mol. The summed E-state index contributed by atoms with van der Waals surface area (Å²) in [6.45, 7) is 2.23. The van der Waals surface area contributed by atoms with Crippen LogP contribution in [0, 0.1) is 10.1 Å². The van der Waals surface area contributed by atoms with Crippen LogP contribution in [0.15, 0.2) is 30.5 Å². The lowest BCUT2D eigenvalue weighted by Gasteiger charge is -2.28. The van der Waals surface area contributed by atoms with Gasteiger partial charge in [0.2, 0.25) is 6.20 Å². The first-order chi connectivity index (χ1) is 8.25. The Hall–Kier alpha value is -1.84. The van der Waals surface area contributed by atoms with E-state index in [-0.39, 0.29) is 0 Å². The summed E-state index contributed by atoms with van der Waals surface area (Å²) in [4.78, 5) is 12.1. The lowest BCUT2D eigenvalue weighted by Crippen LogP contribution is -2.29. The summed E-state index contributed by atoms with van der Waals surface area (Å²) in [6.07, 6.45) is 6.31. The van der Waals surface area contributed by atoms with E-state index >= 15 is 0 Å². The van der Waals surface area contributed by atoms with E-state index < -0.39 is 4.92 Å². The number of piperidine rings is 1. The maximum Gasteiger partial charge on any atom is 0.235 e. The molecule has 0 radical (unpaired) electrons. The second-order valence-corrected chi connectivity index (χ2v) is 4.24. The van der Waals surface area contributed by atoms with Crippen LogP contribution >= 0.6 is 0 Å². The monoisotopic (exact) mass is 232 g/mol. The summed E-state index contributed by atoms with van der Waals surface area (Å²) >= 11 is 0. The SMILES string of the molecule is O=[N+]([O-])/C=C/c1ccc(N2CCCCC2)cc1. The molecule has 1 fully saturated rings. The predicted molar refractivity (Wildman–Crippen MR) is 68.5 cm³/mol. The van der Waals surface area contributed by atoms with Crippen LogP contribution in [0.25, 0.3) is 6.08 Å². The molecule has 0 aromatic heterocycles. The van der Waals surface area contributed by atoms with Gasteiger partial charge in [0.25, 0.3) is 0 Å². The van der Waals surface area contributed by atoms with Gasteiger partial charge in [-0.3, -0.25) is 10.1 Å². The first kappa shape index (κ1) is 11.6. The maximum atomic E-state index is 10.2. The molecule has 0 aliphatic carbocycles. The smallest absolute Gasteiger partial charge is 0.235 e. The average Bonchev–Trinajstić information content (AvgIpc) is 2.38. The van der Waals surface area contributed by atoms with Gasteiger partial charge in [0.05, 0.1) is 4.92 Å². The quantitative estimate of drug-likeness (QED) is 0.594. The zero-order valence-electron chi connectivity index (χ0n) is 9.71. The molecule has 90 valence electrons. The zero-order chi connectivity index (χ0) is 12.1. The van der Waals surface area contributed by atoms with Gasteiger partial charge >= 0.3 is 0 Å². The van der Waals surface area contributed by atoms with Crippen LogP contribution < -0.4 is 4.90 Å². The Morgan fingerprint density at radius 3 is 2.35 bits per heavy atom. The summed E-state index contributed by atoms with van der Waals surface area (Å²) < 4.78 is 0. The normalized spacial score (nSPS) is 16.4. The van der Waals surface area contributed by atoms with Gasteiger partial charge in [0.15, 0.2) is 0 Å². The minimum absolute atomic E-state index is 0.446. The highest BCUT2D eigenvalue weighted by Gasteiger charge is 2.09. The Morgan fingerprint density at radius 1 is 1.12 bits per heavy atom. The first-order valence-corrected chi connectivity index (χ1v) is 5.92. The standard InChI is InChI=1S/C13H16N2O2/c16-15(17)11-8-12-4-6-13(7-5-12)14-9-2-1-3-10-14/h4-8,11H,1-3,9-10H2/b11-8+. The molecule has 4 nitrogen and oxygen atoms in total. The molecule has 1 aliphatic rings. The molecule has 0 spiro atoms. The van der Waals surface area contributed by atoms with E-state index in [9.17, 15) is 10.1 Å². The van der Waals surface area contributed by atoms with Crippen molar-refractivity contribution >= 4 is 11.8 Å². The fourth-order valence-electron chi connectivity index (χ4n) is 2.10. The second kappa shape index (κ2) is 5.48. The summed E-state index contributed by atoms with van der Waals surface area (Å²) in [5.41, 5.74) is 2.07. The van der Waals surface area contributed by atoms with Crippen molar-refractivity contribution < 1.29 is 4.92 Å². The van der Waals surface area contributed by atoms with Gasteiger partial charge in [-0.15, -0.1) is 0 Å². The molecule has 0 N–H and O–H groups in total. The molecule has 1 heterocycles. The topological polar surface area (TPSA) is 46.4 Å². The van der Waals surface area contributed by atoms with Gasteiger partial charge in [-0.1, -0.05) is 12.1 Å². The molecule has 0 saturated carbocycles. The van der Waals surface area contributed by atoms with E-state index in [4.69, 9.17) is 0 Å². The minimum atomic E-state index is -0.446. The highest BCUT2D eigenvalue weighted by atomic mass is 16.6.